The molecule has 0 fully saturated rings. The van der Waals surface area contributed by atoms with Gasteiger partial charge in [-0.15, -0.1) is 0 Å². The Labute approximate surface area is 39.7 Å². The molecule has 5 heavy (non-hydrogen) atoms. The summed E-state index contributed by atoms with van der Waals surface area (Å²) in [7, 11) is 0. The van der Waals surface area contributed by atoms with Gasteiger partial charge in [0.05, 0.1) is 0 Å². The van der Waals surface area contributed by atoms with E-state index < -0.39 is 0 Å². The Morgan fingerprint density at radius 1 is 2.00 bits per heavy atom. The average molecular weight is 114 g/mol. The third kappa shape index (κ3) is 4.35. The molecule has 0 aromatic carbocycles. The molecule has 0 radical (unpaired) electrons. The molecule has 0 aliphatic carbocycles. The fourth-order valence-electron chi connectivity index (χ4n) is 0.0589. The molecule has 0 spiro atoms. The summed E-state index contributed by atoms with van der Waals surface area (Å²) in [4.78, 5) is 0. The van der Waals surface area contributed by atoms with Gasteiger partial charge in [-0.05, 0) is 0 Å². The summed E-state index contributed by atoms with van der Waals surface area (Å²) in [5, 5.41) is 1.43. The first-order chi connectivity index (χ1) is 2.41. The molecule has 0 heterocycles. The van der Waals surface area contributed by atoms with Crippen molar-refractivity contribution in [1.29, 1.82) is 0 Å². The molecule has 0 aliphatic rings. The fourth-order valence-corrected chi connectivity index (χ4v) is 0.243. The van der Waals surface area contributed by atoms with E-state index in [1.54, 1.807) is 0 Å². The predicted molar refractivity (Wildman–Crippen MR) is 17.7 cm³/mol. The van der Waals surface area contributed by atoms with Gasteiger partial charge in [0.2, 0.25) is 0 Å². The van der Waals surface area contributed by atoms with Crippen LogP contribution in [0.15, 0.2) is 0 Å². The molecule has 0 bridgehead atoms. The van der Waals surface area contributed by atoms with Crippen LogP contribution in [0.25, 0.3) is 0 Å². The van der Waals surface area contributed by atoms with Crippen LogP contribution >= 0.6 is 0 Å². The summed E-state index contributed by atoms with van der Waals surface area (Å²) in [5.41, 5.74) is 0. The molecule has 0 aromatic heterocycles. The molecule has 0 aliphatic heterocycles. The summed E-state index contributed by atoms with van der Waals surface area (Å²) in [6.07, 6.45) is 0. The van der Waals surface area contributed by atoms with Crippen LogP contribution in [0.4, 0.5) is 0 Å². The maximum absolute atomic E-state index is 4.60. The van der Waals surface area contributed by atoms with Crippen molar-refractivity contribution in [2.45, 2.75) is 6.92 Å². The molecule has 0 saturated heterocycles. The van der Waals surface area contributed by atoms with Gasteiger partial charge in [-0.1, -0.05) is 0 Å². The molecule has 1 nitrogen and oxygen atoms in total. The summed E-state index contributed by atoms with van der Waals surface area (Å²) in [5.74, 6) is 0. The first-order valence-corrected chi connectivity index (χ1v) is 2.07. The van der Waals surface area contributed by atoms with E-state index in [4.69, 9.17) is 0 Å². The standard InChI is InChI=1S/C3H6O.Fe/c1-3-4-2;/h2H,3H2,1H3;. The van der Waals surface area contributed by atoms with Crippen LogP contribution in [0.5, 0.6) is 0 Å². The van der Waals surface area contributed by atoms with E-state index in [-0.39, 0.29) is 0 Å². The van der Waals surface area contributed by atoms with Gasteiger partial charge in [0.25, 0.3) is 0 Å². The van der Waals surface area contributed by atoms with Gasteiger partial charge < -0.3 is 0 Å². The fraction of sp³-hybridized carbons (Fsp3) is 0.667. The number of ether oxygens (including phenoxy) is 1. The summed E-state index contributed by atoms with van der Waals surface area (Å²) in [6.45, 7) is 2.64. The Morgan fingerprint density at radius 2 is 2.60 bits per heavy atom. The van der Waals surface area contributed by atoms with E-state index in [0.717, 1.165) is 6.61 Å². The van der Waals surface area contributed by atoms with E-state index in [2.05, 4.69) is 20.3 Å². The van der Waals surface area contributed by atoms with Crippen LogP contribution in [-0.4, -0.2) is 11.7 Å². The molecule has 0 atom stereocenters. The number of hydrogen-bond acceptors (Lipinski definition) is 1. The van der Waals surface area contributed by atoms with Crippen LogP contribution in [0.2, 0.25) is 0 Å². The minimum atomic E-state index is 0.726. The van der Waals surface area contributed by atoms with E-state index in [1.807, 2.05) is 6.92 Å². The Morgan fingerprint density at radius 3 is 2.60 bits per heavy atom. The van der Waals surface area contributed by atoms with Crippen LogP contribution in [0.3, 0.4) is 0 Å². The molecule has 0 aromatic rings. The number of hydrogen-bond donors (Lipinski definition) is 0. The molecule has 0 saturated carbocycles. The van der Waals surface area contributed by atoms with Crippen molar-refractivity contribution in [3.63, 3.8) is 0 Å². The number of rotatable bonds is 2. The van der Waals surface area contributed by atoms with Crippen LogP contribution in [-0.2, 0) is 20.3 Å². The quantitative estimate of drug-likeness (QED) is 0.470. The molecular weight excluding hydrogens is 108 g/mol. The molecule has 32 valence electrons. The second-order valence-electron chi connectivity index (χ2n) is 0.539. The van der Waals surface area contributed by atoms with Crippen molar-refractivity contribution in [2.75, 3.05) is 6.61 Å². The van der Waals surface area contributed by atoms with Gasteiger partial charge in [-0.2, -0.15) is 0 Å². The van der Waals surface area contributed by atoms with Crippen LogP contribution in [0, 0.1) is 0 Å². The van der Waals surface area contributed by atoms with Crippen LogP contribution < -0.4 is 0 Å². The van der Waals surface area contributed by atoms with Crippen molar-refractivity contribution >= 4 is 5.11 Å². The normalized spacial score (nSPS) is 7.60. The van der Waals surface area contributed by atoms with Crippen molar-refractivity contribution in [3.8, 4) is 0 Å². The van der Waals surface area contributed by atoms with Crippen molar-refractivity contribution in [2.24, 2.45) is 0 Å². The molecule has 0 amide bonds. The Hall–Kier alpha value is 0.349. The second kappa shape index (κ2) is 4.35. The molecule has 0 N–H and O–H groups in total. The third-order valence-electron chi connectivity index (χ3n) is 0.226. The zero-order valence-electron chi connectivity index (χ0n) is 3.05. The second-order valence-corrected chi connectivity index (χ2v) is 0.799. The SMILES string of the molecule is CCO[CH]=[Fe]. The molecule has 0 rings (SSSR count). The van der Waals surface area contributed by atoms with Crippen molar-refractivity contribution in [3.05, 3.63) is 0 Å². The van der Waals surface area contributed by atoms with E-state index in [1.165, 1.54) is 5.11 Å². The minimum absolute atomic E-state index is 0.726. The zero-order chi connectivity index (χ0) is 4.12. The van der Waals surface area contributed by atoms with Gasteiger partial charge in [0, 0.05) is 0 Å². The maximum atomic E-state index is 4.60. The van der Waals surface area contributed by atoms with E-state index >= 15 is 0 Å². The zero-order valence-corrected chi connectivity index (χ0v) is 4.15. The van der Waals surface area contributed by atoms with Gasteiger partial charge in [-0.3, -0.25) is 0 Å². The first kappa shape index (κ1) is 5.35. The van der Waals surface area contributed by atoms with E-state index in [9.17, 15) is 0 Å². The van der Waals surface area contributed by atoms with Crippen LogP contribution in [0.1, 0.15) is 6.92 Å². The third-order valence-corrected chi connectivity index (χ3v) is 0.410. The molecule has 2 heteroatoms. The first-order valence-electron chi connectivity index (χ1n) is 1.44. The van der Waals surface area contributed by atoms with Crippen molar-refractivity contribution < 1.29 is 20.3 Å². The predicted octanol–water partition coefficient (Wildman–Crippen LogP) is 0.329. The van der Waals surface area contributed by atoms with Gasteiger partial charge in [-0.25, -0.2) is 0 Å². The van der Waals surface area contributed by atoms with E-state index in [0.29, 0.717) is 0 Å². The van der Waals surface area contributed by atoms with Gasteiger partial charge in [0.1, 0.15) is 0 Å². The average Bonchev–Trinajstić information content (AvgIpc) is 1.41. The Balaban J connectivity index is 2.40. The van der Waals surface area contributed by atoms with Gasteiger partial charge >= 0.3 is 38.9 Å². The topological polar surface area (TPSA) is 9.23 Å². The Kier molecular flexibility index (Phi) is 4.65. The summed E-state index contributed by atoms with van der Waals surface area (Å²) in [6, 6.07) is 0. The monoisotopic (exact) mass is 114 g/mol. The summed E-state index contributed by atoms with van der Waals surface area (Å²) < 4.78 is 4.60. The van der Waals surface area contributed by atoms with Crippen molar-refractivity contribution in [1.82, 2.24) is 0 Å². The van der Waals surface area contributed by atoms with Gasteiger partial charge in [0.15, 0.2) is 0 Å². The molecule has 0 unspecified atom stereocenters. The summed E-state index contributed by atoms with van der Waals surface area (Å²) >= 11 is 3.33. The Bertz CT molecular complexity index is 28.1. The molecular formula is C3H6FeO.